The molecule has 1 amide bonds. The molecule has 36 heavy (non-hydrogen) atoms. The molecule has 0 bridgehead atoms. The Balaban J connectivity index is 1.33. The average molecular weight is 492 g/mol. The van der Waals surface area contributed by atoms with Crippen molar-refractivity contribution in [2.24, 2.45) is 5.92 Å². The Morgan fingerprint density at radius 3 is 2.47 bits per heavy atom. The summed E-state index contributed by atoms with van der Waals surface area (Å²) in [5.74, 6) is 1.000. The van der Waals surface area contributed by atoms with E-state index in [4.69, 9.17) is 4.74 Å². The molecule has 0 aromatic heterocycles. The molecule has 2 N–H and O–H groups in total. The van der Waals surface area contributed by atoms with Crippen LogP contribution in [-0.2, 0) is 0 Å². The highest BCUT2D eigenvalue weighted by Crippen LogP contribution is 2.25. The minimum Gasteiger partial charge on any atom is -0.508 e. The summed E-state index contributed by atoms with van der Waals surface area (Å²) < 4.78 is 19.1. The van der Waals surface area contributed by atoms with E-state index in [0.29, 0.717) is 17.1 Å². The van der Waals surface area contributed by atoms with Gasteiger partial charge in [0.1, 0.15) is 23.1 Å². The zero-order valence-electron chi connectivity index (χ0n) is 21.0. The van der Waals surface area contributed by atoms with Crippen LogP contribution in [0.25, 0.3) is 0 Å². The van der Waals surface area contributed by atoms with Crippen LogP contribution >= 0.6 is 0 Å². The van der Waals surface area contributed by atoms with Crippen molar-refractivity contribution in [2.75, 3.05) is 31.1 Å². The summed E-state index contributed by atoms with van der Waals surface area (Å²) in [6, 6.07) is 20.5. The van der Waals surface area contributed by atoms with Crippen molar-refractivity contribution in [3.63, 3.8) is 0 Å². The van der Waals surface area contributed by atoms with Crippen LogP contribution in [0.15, 0.2) is 72.8 Å². The summed E-state index contributed by atoms with van der Waals surface area (Å²) in [5, 5.41) is 13.0. The van der Waals surface area contributed by atoms with Crippen molar-refractivity contribution in [3.8, 4) is 17.2 Å². The van der Waals surface area contributed by atoms with Crippen LogP contribution < -0.4 is 15.0 Å². The second-order valence-electron chi connectivity index (χ2n) is 9.73. The molecule has 190 valence electrons. The predicted molar refractivity (Wildman–Crippen MR) is 140 cm³/mol. The second kappa shape index (κ2) is 11.4. The number of nitrogens with one attached hydrogen (secondary N) is 1. The Morgan fingerprint density at radius 1 is 1.06 bits per heavy atom. The standard InChI is InChI=1S/C29H34FN3O3/c1-20(2)28(19-32-14-15-33(21(3)18-32)24-7-5-8-25(34)17-24)31-29(35)22-10-12-26(13-11-22)36-27-9-4-6-23(30)16-27/h4-13,16-17,20-21,28,34H,14-15,18-19H2,1-3H3,(H,31,35)/t21-,28?/m0/s1. The first-order valence-electron chi connectivity index (χ1n) is 12.4. The minimum atomic E-state index is -0.363. The smallest absolute Gasteiger partial charge is 0.251 e. The Kier molecular flexibility index (Phi) is 8.10. The van der Waals surface area contributed by atoms with E-state index in [1.807, 2.05) is 12.1 Å². The molecule has 0 aliphatic carbocycles. The van der Waals surface area contributed by atoms with E-state index in [0.717, 1.165) is 31.9 Å². The van der Waals surface area contributed by atoms with Crippen molar-refractivity contribution in [2.45, 2.75) is 32.9 Å². The lowest BCUT2D eigenvalue weighted by Gasteiger charge is -2.42. The summed E-state index contributed by atoms with van der Waals surface area (Å²) in [6.45, 7) is 9.80. The number of rotatable bonds is 8. The number of piperazine rings is 1. The van der Waals surface area contributed by atoms with Gasteiger partial charge < -0.3 is 20.1 Å². The summed E-state index contributed by atoms with van der Waals surface area (Å²) in [5.41, 5.74) is 1.58. The molecule has 1 aliphatic rings. The van der Waals surface area contributed by atoms with Gasteiger partial charge in [-0.25, -0.2) is 4.39 Å². The van der Waals surface area contributed by atoms with Crippen LogP contribution in [0.3, 0.4) is 0 Å². The van der Waals surface area contributed by atoms with Gasteiger partial charge >= 0.3 is 0 Å². The van der Waals surface area contributed by atoms with Gasteiger partial charge in [0.2, 0.25) is 0 Å². The summed E-state index contributed by atoms with van der Waals surface area (Å²) in [7, 11) is 0. The molecule has 6 nitrogen and oxygen atoms in total. The van der Waals surface area contributed by atoms with Gasteiger partial charge in [-0.2, -0.15) is 0 Å². The number of phenolic OH excluding ortho intramolecular Hbond substituents is 1. The van der Waals surface area contributed by atoms with Crippen LogP contribution in [0.4, 0.5) is 10.1 Å². The number of phenols is 1. The van der Waals surface area contributed by atoms with E-state index in [1.54, 1.807) is 48.5 Å². The van der Waals surface area contributed by atoms with Crippen molar-refractivity contribution in [3.05, 3.63) is 84.2 Å². The van der Waals surface area contributed by atoms with Gasteiger partial charge in [-0.3, -0.25) is 9.69 Å². The summed E-state index contributed by atoms with van der Waals surface area (Å²) in [4.78, 5) is 17.7. The van der Waals surface area contributed by atoms with Gasteiger partial charge in [0.15, 0.2) is 0 Å². The molecule has 7 heteroatoms. The molecule has 2 atom stereocenters. The van der Waals surface area contributed by atoms with E-state index in [2.05, 4.69) is 35.9 Å². The van der Waals surface area contributed by atoms with Crippen molar-refractivity contribution < 1.29 is 19.0 Å². The second-order valence-corrected chi connectivity index (χ2v) is 9.73. The lowest BCUT2D eigenvalue weighted by molar-refractivity contribution is 0.0903. The molecule has 1 aliphatic heterocycles. The van der Waals surface area contributed by atoms with Crippen LogP contribution in [0.5, 0.6) is 17.2 Å². The van der Waals surface area contributed by atoms with Crippen molar-refractivity contribution >= 4 is 11.6 Å². The molecule has 3 aromatic carbocycles. The zero-order chi connectivity index (χ0) is 25.7. The normalized spacial score (nSPS) is 17.1. The third-order valence-corrected chi connectivity index (χ3v) is 6.60. The fourth-order valence-electron chi connectivity index (χ4n) is 4.55. The number of amides is 1. The third kappa shape index (κ3) is 6.55. The van der Waals surface area contributed by atoms with E-state index in [-0.39, 0.29) is 35.5 Å². The highest BCUT2D eigenvalue weighted by atomic mass is 19.1. The lowest BCUT2D eigenvalue weighted by atomic mass is 10.0. The Morgan fingerprint density at radius 2 is 1.81 bits per heavy atom. The number of hydrogen-bond donors (Lipinski definition) is 2. The first-order valence-corrected chi connectivity index (χ1v) is 12.4. The van der Waals surface area contributed by atoms with Gasteiger partial charge in [0.25, 0.3) is 5.91 Å². The quantitative estimate of drug-likeness (QED) is 0.448. The highest BCUT2D eigenvalue weighted by Gasteiger charge is 2.27. The number of nitrogens with zero attached hydrogens (tertiary/aromatic N) is 2. The fraction of sp³-hybridized carbons (Fsp3) is 0.345. The molecule has 1 unspecified atom stereocenters. The first-order chi connectivity index (χ1) is 17.3. The monoisotopic (exact) mass is 491 g/mol. The number of anilines is 1. The molecule has 0 radical (unpaired) electrons. The van der Waals surface area contributed by atoms with Crippen LogP contribution in [0, 0.1) is 11.7 Å². The number of carbonyl (C=O) groups is 1. The number of halogens is 1. The molecule has 0 spiro atoms. The molecule has 0 saturated carbocycles. The largest absolute Gasteiger partial charge is 0.508 e. The molecule has 1 heterocycles. The molecule has 4 rings (SSSR count). The SMILES string of the molecule is CC(C)C(CN1CCN(c2cccc(O)c2)[C@@H](C)C1)NC(=O)c1ccc(Oc2cccc(F)c2)cc1. The van der Waals surface area contributed by atoms with Crippen LogP contribution in [0.2, 0.25) is 0 Å². The van der Waals surface area contributed by atoms with E-state index < -0.39 is 0 Å². The maximum Gasteiger partial charge on any atom is 0.251 e. The van der Waals surface area contributed by atoms with Gasteiger partial charge in [-0.05, 0) is 61.4 Å². The number of carbonyl (C=O) groups excluding carboxylic acids is 1. The maximum absolute atomic E-state index is 13.4. The van der Waals surface area contributed by atoms with Crippen LogP contribution in [-0.4, -0.2) is 54.2 Å². The van der Waals surface area contributed by atoms with Crippen molar-refractivity contribution in [1.82, 2.24) is 10.2 Å². The Hall–Kier alpha value is -3.58. The Labute approximate surface area is 212 Å². The van der Waals surface area contributed by atoms with E-state index in [9.17, 15) is 14.3 Å². The topological polar surface area (TPSA) is 65.0 Å². The average Bonchev–Trinajstić information content (AvgIpc) is 2.84. The molecular formula is C29H34FN3O3. The van der Waals surface area contributed by atoms with Gasteiger partial charge in [0, 0.05) is 61.6 Å². The van der Waals surface area contributed by atoms with E-state index >= 15 is 0 Å². The van der Waals surface area contributed by atoms with E-state index in [1.165, 1.54) is 12.1 Å². The minimum absolute atomic E-state index is 0.000222. The predicted octanol–water partition coefficient (Wildman–Crippen LogP) is 5.29. The Bertz CT molecular complexity index is 1170. The molecular weight excluding hydrogens is 457 g/mol. The molecule has 1 saturated heterocycles. The number of aromatic hydroxyl groups is 1. The summed E-state index contributed by atoms with van der Waals surface area (Å²) >= 11 is 0. The lowest BCUT2D eigenvalue weighted by Crippen LogP contribution is -2.56. The number of ether oxygens (including phenoxy) is 1. The number of hydrogen-bond acceptors (Lipinski definition) is 5. The maximum atomic E-state index is 13.4. The summed E-state index contributed by atoms with van der Waals surface area (Å²) in [6.07, 6.45) is 0. The van der Waals surface area contributed by atoms with Gasteiger partial charge in [0.05, 0.1) is 0 Å². The van der Waals surface area contributed by atoms with Gasteiger partial charge in [-0.15, -0.1) is 0 Å². The first kappa shape index (κ1) is 25.5. The number of benzene rings is 3. The third-order valence-electron chi connectivity index (χ3n) is 6.60. The van der Waals surface area contributed by atoms with Crippen molar-refractivity contribution in [1.29, 1.82) is 0 Å². The van der Waals surface area contributed by atoms with Gasteiger partial charge in [-0.1, -0.05) is 26.0 Å². The highest BCUT2D eigenvalue weighted by molar-refractivity contribution is 5.94. The molecule has 1 fully saturated rings. The molecule has 3 aromatic rings. The fourth-order valence-corrected chi connectivity index (χ4v) is 4.55. The zero-order valence-corrected chi connectivity index (χ0v) is 21.0. The van der Waals surface area contributed by atoms with Crippen LogP contribution in [0.1, 0.15) is 31.1 Å².